The third-order valence-corrected chi connectivity index (χ3v) is 3.16. The molecule has 20 heavy (non-hydrogen) atoms. The van der Waals surface area contributed by atoms with Crippen LogP contribution in [-0.4, -0.2) is 15.2 Å². The Bertz CT molecular complexity index is 750. The number of nitrogens with two attached hydrogens (primary N) is 1. The zero-order valence-corrected chi connectivity index (χ0v) is 10.9. The molecule has 1 aromatic carbocycles. The average Bonchev–Trinajstić information content (AvgIpc) is 2.81. The minimum Gasteiger partial charge on any atom is -0.382 e. The summed E-state index contributed by atoms with van der Waals surface area (Å²) < 4.78 is 14.1. The highest BCUT2D eigenvalue weighted by atomic mass is 19.1. The smallest absolute Gasteiger partial charge is 0.153 e. The molecule has 4 nitrogen and oxygen atoms in total. The SMILES string of the molecule is Cc1ccc(-c2[nH]nc(N)c2-c2ccncc2)c(F)c1. The number of rotatable bonds is 2. The topological polar surface area (TPSA) is 67.6 Å². The summed E-state index contributed by atoms with van der Waals surface area (Å²) in [6.07, 6.45) is 3.33. The number of halogens is 1. The van der Waals surface area contributed by atoms with Crippen molar-refractivity contribution in [2.75, 3.05) is 5.73 Å². The summed E-state index contributed by atoms with van der Waals surface area (Å²) in [5, 5.41) is 6.81. The van der Waals surface area contributed by atoms with Gasteiger partial charge in [-0.3, -0.25) is 10.1 Å². The van der Waals surface area contributed by atoms with Gasteiger partial charge in [-0.1, -0.05) is 6.07 Å². The van der Waals surface area contributed by atoms with Crippen molar-refractivity contribution in [1.29, 1.82) is 0 Å². The Hall–Kier alpha value is -2.69. The molecule has 2 aromatic heterocycles. The molecule has 0 saturated carbocycles. The normalized spacial score (nSPS) is 10.7. The largest absolute Gasteiger partial charge is 0.382 e. The second kappa shape index (κ2) is 4.77. The fourth-order valence-electron chi connectivity index (χ4n) is 2.18. The third kappa shape index (κ3) is 2.03. The zero-order valence-electron chi connectivity index (χ0n) is 10.9. The van der Waals surface area contributed by atoms with Gasteiger partial charge >= 0.3 is 0 Å². The molecule has 0 aliphatic heterocycles. The van der Waals surface area contributed by atoms with Crippen LogP contribution in [0.1, 0.15) is 5.56 Å². The van der Waals surface area contributed by atoms with Crippen molar-refractivity contribution in [3.63, 3.8) is 0 Å². The number of nitrogen functional groups attached to an aromatic ring is 1. The molecule has 0 atom stereocenters. The number of aromatic amines is 1. The molecule has 3 rings (SSSR count). The van der Waals surface area contributed by atoms with Gasteiger partial charge < -0.3 is 5.73 Å². The van der Waals surface area contributed by atoms with Gasteiger partial charge in [0.1, 0.15) is 5.82 Å². The van der Waals surface area contributed by atoms with Crippen LogP contribution in [0.3, 0.4) is 0 Å². The molecule has 0 spiro atoms. The van der Waals surface area contributed by atoms with E-state index in [9.17, 15) is 4.39 Å². The summed E-state index contributed by atoms with van der Waals surface area (Å²) in [6, 6.07) is 8.70. The van der Waals surface area contributed by atoms with Gasteiger partial charge in [0.05, 0.1) is 11.3 Å². The van der Waals surface area contributed by atoms with E-state index in [1.807, 2.05) is 25.1 Å². The van der Waals surface area contributed by atoms with E-state index < -0.39 is 0 Å². The van der Waals surface area contributed by atoms with E-state index in [-0.39, 0.29) is 5.82 Å². The van der Waals surface area contributed by atoms with Crippen molar-refractivity contribution in [2.24, 2.45) is 0 Å². The van der Waals surface area contributed by atoms with Crippen molar-refractivity contribution in [3.05, 3.63) is 54.1 Å². The highest BCUT2D eigenvalue weighted by molar-refractivity contribution is 5.87. The van der Waals surface area contributed by atoms with Crippen molar-refractivity contribution < 1.29 is 4.39 Å². The van der Waals surface area contributed by atoms with Crippen LogP contribution in [0, 0.1) is 12.7 Å². The van der Waals surface area contributed by atoms with Crippen LogP contribution < -0.4 is 5.73 Å². The lowest BCUT2D eigenvalue weighted by molar-refractivity contribution is 0.629. The van der Waals surface area contributed by atoms with Gasteiger partial charge in [0, 0.05) is 18.0 Å². The molecule has 0 aliphatic carbocycles. The van der Waals surface area contributed by atoms with E-state index in [4.69, 9.17) is 5.73 Å². The molecule has 0 amide bonds. The highest BCUT2D eigenvalue weighted by Crippen LogP contribution is 2.35. The van der Waals surface area contributed by atoms with E-state index in [0.717, 1.165) is 11.1 Å². The first-order valence-electron chi connectivity index (χ1n) is 6.17. The zero-order chi connectivity index (χ0) is 14.1. The molecule has 0 bridgehead atoms. The molecule has 2 heterocycles. The quantitative estimate of drug-likeness (QED) is 0.750. The number of benzene rings is 1. The monoisotopic (exact) mass is 268 g/mol. The van der Waals surface area contributed by atoms with E-state index in [2.05, 4.69) is 15.2 Å². The summed E-state index contributed by atoms with van der Waals surface area (Å²) in [5.74, 6) is 0.0372. The standard InChI is InChI=1S/C15H13FN4/c1-9-2-3-11(12(16)8-9)14-13(15(17)20-19-14)10-4-6-18-7-5-10/h2-8H,1H3,(H3,17,19,20). The van der Waals surface area contributed by atoms with E-state index in [1.165, 1.54) is 6.07 Å². The Labute approximate surface area is 115 Å². The average molecular weight is 268 g/mol. The summed E-state index contributed by atoms with van der Waals surface area (Å²) in [6.45, 7) is 1.85. The fourth-order valence-corrected chi connectivity index (χ4v) is 2.18. The first-order chi connectivity index (χ1) is 9.66. The van der Waals surface area contributed by atoms with Gasteiger partial charge in [-0.2, -0.15) is 5.10 Å². The van der Waals surface area contributed by atoms with Crippen molar-refractivity contribution >= 4 is 5.82 Å². The fraction of sp³-hybridized carbons (Fsp3) is 0.0667. The number of H-pyrrole nitrogens is 1. The van der Waals surface area contributed by atoms with Gasteiger partial charge in [0.25, 0.3) is 0 Å². The van der Waals surface area contributed by atoms with E-state index >= 15 is 0 Å². The molecular formula is C15H13FN4. The predicted molar refractivity (Wildman–Crippen MR) is 76.4 cm³/mol. The second-order valence-corrected chi connectivity index (χ2v) is 4.58. The van der Waals surface area contributed by atoms with Gasteiger partial charge in [-0.15, -0.1) is 0 Å². The van der Waals surface area contributed by atoms with Gasteiger partial charge in [-0.25, -0.2) is 4.39 Å². The van der Waals surface area contributed by atoms with Crippen LogP contribution >= 0.6 is 0 Å². The van der Waals surface area contributed by atoms with Crippen molar-refractivity contribution in [2.45, 2.75) is 6.92 Å². The van der Waals surface area contributed by atoms with Crippen LogP contribution in [0.15, 0.2) is 42.7 Å². The maximum absolute atomic E-state index is 14.1. The molecule has 0 unspecified atom stereocenters. The van der Waals surface area contributed by atoms with Crippen LogP contribution in [-0.2, 0) is 0 Å². The maximum atomic E-state index is 14.1. The van der Waals surface area contributed by atoms with Crippen LogP contribution in [0.2, 0.25) is 0 Å². The molecule has 100 valence electrons. The summed E-state index contributed by atoms with van der Waals surface area (Å²) in [7, 11) is 0. The Morgan fingerprint density at radius 2 is 1.90 bits per heavy atom. The number of anilines is 1. The Morgan fingerprint density at radius 1 is 1.15 bits per heavy atom. The predicted octanol–water partition coefficient (Wildman–Crippen LogP) is 3.17. The number of hydrogen-bond acceptors (Lipinski definition) is 3. The van der Waals surface area contributed by atoms with Crippen LogP contribution in [0.4, 0.5) is 10.2 Å². The number of nitrogens with zero attached hydrogens (tertiary/aromatic N) is 2. The second-order valence-electron chi connectivity index (χ2n) is 4.58. The number of pyridine rings is 1. The van der Waals surface area contributed by atoms with Crippen molar-refractivity contribution in [3.8, 4) is 22.4 Å². The molecular weight excluding hydrogens is 255 g/mol. The van der Waals surface area contributed by atoms with Gasteiger partial charge in [0.15, 0.2) is 5.82 Å². The lowest BCUT2D eigenvalue weighted by atomic mass is 10.0. The maximum Gasteiger partial charge on any atom is 0.153 e. The van der Waals surface area contributed by atoms with Crippen LogP contribution in [0.25, 0.3) is 22.4 Å². The Morgan fingerprint density at radius 3 is 2.60 bits per heavy atom. The molecule has 0 radical (unpaired) electrons. The Balaban J connectivity index is 2.21. The molecule has 3 aromatic rings. The summed E-state index contributed by atoms with van der Waals surface area (Å²) in [4.78, 5) is 3.97. The van der Waals surface area contributed by atoms with E-state index in [1.54, 1.807) is 18.5 Å². The number of aromatic nitrogens is 3. The lowest BCUT2D eigenvalue weighted by Crippen LogP contribution is -1.91. The highest BCUT2D eigenvalue weighted by Gasteiger charge is 2.17. The first kappa shape index (κ1) is 12.3. The molecule has 0 saturated heterocycles. The molecule has 0 fully saturated rings. The van der Waals surface area contributed by atoms with Gasteiger partial charge in [-0.05, 0) is 42.3 Å². The van der Waals surface area contributed by atoms with Crippen LogP contribution in [0.5, 0.6) is 0 Å². The number of aryl methyl sites for hydroxylation is 1. The molecule has 5 heteroatoms. The number of nitrogens with one attached hydrogen (secondary N) is 1. The first-order valence-corrected chi connectivity index (χ1v) is 6.17. The summed E-state index contributed by atoms with van der Waals surface area (Å²) >= 11 is 0. The minimum atomic E-state index is -0.302. The molecule has 0 aliphatic rings. The van der Waals surface area contributed by atoms with E-state index in [0.29, 0.717) is 22.6 Å². The third-order valence-electron chi connectivity index (χ3n) is 3.16. The Kier molecular flexibility index (Phi) is 2.95. The minimum absolute atomic E-state index is 0.302. The summed E-state index contributed by atoms with van der Waals surface area (Å²) in [5.41, 5.74) is 9.33. The molecule has 3 N–H and O–H groups in total. The van der Waals surface area contributed by atoms with Gasteiger partial charge in [0.2, 0.25) is 0 Å². The number of hydrogen-bond donors (Lipinski definition) is 2. The lowest BCUT2D eigenvalue weighted by Gasteiger charge is -2.06. The van der Waals surface area contributed by atoms with Crippen molar-refractivity contribution in [1.82, 2.24) is 15.2 Å².